The van der Waals surface area contributed by atoms with Crippen molar-refractivity contribution in [2.24, 2.45) is 0 Å². The van der Waals surface area contributed by atoms with Gasteiger partial charge in [0.1, 0.15) is 0 Å². The van der Waals surface area contributed by atoms with Crippen LogP contribution in [0.5, 0.6) is 0 Å². The third kappa shape index (κ3) is 2.90. The Kier molecular flexibility index (Phi) is 3.30. The van der Waals surface area contributed by atoms with Gasteiger partial charge in [0.15, 0.2) is 5.75 Å². The number of aliphatic carboxylic acids is 1. The van der Waals surface area contributed by atoms with Gasteiger partial charge in [0.05, 0.1) is 6.54 Å². The summed E-state index contributed by atoms with van der Waals surface area (Å²) in [6, 6.07) is 0. The summed E-state index contributed by atoms with van der Waals surface area (Å²) >= 11 is 0. The number of hydrogen-bond donors (Lipinski definition) is 1. The number of hydrogen-bond acceptors (Lipinski definition) is 4. The van der Waals surface area contributed by atoms with E-state index < -0.39 is 21.7 Å². The molecule has 0 aromatic carbocycles. The fourth-order valence-corrected chi connectivity index (χ4v) is 2.38. The molecule has 0 atom stereocenters. The van der Waals surface area contributed by atoms with Crippen LogP contribution < -0.4 is 0 Å². The SMILES string of the molecule is CN1CCN(S(=O)(=O)CC(=O)O)CC1=O. The molecular formula is C7H12N2O5S. The minimum atomic E-state index is -3.85. The number of likely N-dealkylation sites (N-methyl/N-ethyl adjacent to an activating group) is 1. The molecule has 7 nitrogen and oxygen atoms in total. The van der Waals surface area contributed by atoms with Crippen molar-refractivity contribution in [2.75, 3.05) is 32.4 Å². The maximum absolute atomic E-state index is 11.4. The number of carbonyl (C=O) groups is 2. The molecule has 1 fully saturated rings. The van der Waals surface area contributed by atoms with Gasteiger partial charge in [-0.25, -0.2) is 8.42 Å². The number of carbonyl (C=O) groups excluding carboxylic acids is 1. The third-order valence-electron chi connectivity index (χ3n) is 2.12. The Hall–Kier alpha value is -1.15. The minimum Gasteiger partial charge on any atom is -0.480 e. The van der Waals surface area contributed by atoms with E-state index in [2.05, 4.69) is 0 Å². The highest BCUT2D eigenvalue weighted by atomic mass is 32.2. The molecule has 1 aliphatic heterocycles. The lowest BCUT2D eigenvalue weighted by atomic mass is 10.4. The summed E-state index contributed by atoms with van der Waals surface area (Å²) in [5.41, 5.74) is 0. The lowest BCUT2D eigenvalue weighted by Gasteiger charge is -2.30. The van der Waals surface area contributed by atoms with Crippen LogP contribution in [0.2, 0.25) is 0 Å². The summed E-state index contributed by atoms with van der Waals surface area (Å²) in [6.07, 6.45) is 0. The van der Waals surface area contributed by atoms with Crippen molar-refractivity contribution in [1.29, 1.82) is 0 Å². The van der Waals surface area contributed by atoms with Crippen LogP contribution in [0.4, 0.5) is 0 Å². The minimum absolute atomic E-state index is 0.151. The summed E-state index contributed by atoms with van der Waals surface area (Å²) in [5, 5.41) is 8.40. The Morgan fingerprint density at radius 2 is 2.07 bits per heavy atom. The molecule has 1 saturated heterocycles. The van der Waals surface area contributed by atoms with Gasteiger partial charge < -0.3 is 10.0 Å². The Morgan fingerprint density at radius 1 is 1.47 bits per heavy atom. The maximum atomic E-state index is 11.4. The second-order valence-electron chi connectivity index (χ2n) is 3.30. The van der Waals surface area contributed by atoms with Crippen LogP contribution in [-0.2, 0) is 19.6 Å². The van der Waals surface area contributed by atoms with Crippen LogP contribution in [0.25, 0.3) is 0 Å². The first-order valence-electron chi connectivity index (χ1n) is 4.26. The van der Waals surface area contributed by atoms with Crippen LogP contribution in [-0.4, -0.2) is 67.0 Å². The Bertz CT molecular complexity index is 377. The molecule has 15 heavy (non-hydrogen) atoms. The van der Waals surface area contributed by atoms with Crippen LogP contribution in [0.3, 0.4) is 0 Å². The van der Waals surface area contributed by atoms with E-state index in [1.807, 2.05) is 0 Å². The summed E-state index contributed by atoms with van der Waals surface area (Å²) in [5.74, 6) is -2.71. The Labute approximate surface area is 87.3 Å². The fourth-order valence-electron chi connectivity index (χ4n) is 1.22. The molecule has 0 spiro atoms. The number of sulfonamides is 1. The predicted octanol–water partition coefficient (Wildman–Crippen LogP) is -1.83. The van der Waals surface area contributed by atoms with Crippen LogP contribution in [0.1, 0.15) is 0 Å². The molecule has 1 amide bonds. The molecular weight excluding hydrogens is 224 g/mol. The van der Waals surface area contributed by atoms with Crippen molar-refractivity contribution in [3.63, 3.8) is 0 Å². The predicted molar refractivity (Wildman–Crippen MR) is 50.6 cm³/mol. The van der Waals surface area contributed by atoms with Gasteiger partial charge in [0.25, 0.3) is 0 Å². The lowest BCUT2D eigenvalue weighted by Crippen LogP contribution is -2.51. The number of amides is 1. The molecule has 0 aromatic rings. The molecule has 1 N–H and O–H groups in total. The van der Waals surface area contributed by atoms with E-state index in [-0.39, 0.29) is 25.5 Å². The number of nitrogens with zero attached hydrogens (tertiary/aromatic N) is 2. The van der Waals surface area contributed by atoms with E-state index in [0.29, 0.717) is 0 Å². The van der Waals surface area contributed by atoms with Gasteiger partial charge in [-0.15, -0.1) is 0 Å². The second-order valence-corrected chi connectivity index (χ2v) is 5.27. The van der Waals surface area contributed by atoms with Crippen molar-refractivity contribution >= 4 is 21.9 Å². The van der Waals surface area contributed by atoms with Crippen molar-refractivity contribution in [2.45, 2.75) is 0 Å². The highest BCUT2D eigenvalue weighted by molar-refractivity contribution is 7.89. The summed E-state index contributed by atoms with van der Waals surface area (Å²) in [4.78, 5) is 22.9. The maximum Gasteiger partial charge on any atom is 0.320 e. The molecule has 0 unspecified atom stereocenters. The number of rotatable bonds is 3. The van der Waals surface area contributed by atoms with Gasteiger partial charge in [-0.2, -0.15) is 4.31 Å². The lowest BCUT2D eigenvalue weighted by molar-refractivity contribution is -0.135. The summed E-state index contributed by atoms with van der Waals surface area (Å²) < 4.78 is 23.8. The number of piperazine rings is 1. The molecule has 1 aliphatic rings. The smallest absolute Gasteiger partial charge is 0.320 e. The van der Waals surface area contributed by atoms with Crippen molar-refractivity contribution in [3.05, 3.63) is 0 Å². The molecule has 8 heteroatoms. The quantitative estimate of drug-likeness (QED) is 0.622. The third-order valence-corrected chi connectivity index (χ3v) is 3.83. The van der Waals surface area contributed by atoms with E-state index in [1.165, 1.54) is 4.90 Å². The molecule has 0 bridgehead atoms. The van der Waals surface area contributed by atoms with E-state index in [4.69, 9.17) is 5.11 Å². The van der Waals surface area contributed by atoms with E-state index in [9.17, 15) is 18.0 Å². The Morgan fingerprint density at radius 3 is 2.53 bits per heavy atom. The normalized spacial score (nSPS) is 19.3. The summed E-state index contributed by atoms with van der Waals surface area (Å²) in [6.45, 7) is 0.168. The van der Waals surface area contributed by atoms with Gasteiger partial charge in [0.2, 0.25) is 15.9 Å². The monoisotopic (exact) mass is 236 g/mol. The van der Waals surface area contributed by atoms with Crippen molar-refractivity contribution < 1.29 is 23.1 Å². The van der Waals surface area contributed by atoms with Gasteiger partial charge >= 0.3 is 5.97 Å². The molecule has 0 saturated carbocycles. The van der Waals surface area contributed by atoms with Crippen LogP contribution in [0, 0.1) is 0 Å². The molecule has 0 aliphatic carbocycles. The van der Waals surface area contributed by atoms with Crippen LogP contribution in [0.15, 0.2) is 0 Å². The number of carboxylic acids is 1. The van der Waals surface area contributed by atoms with Crippen molar-refractivity contribution in [1.82, 2.24) is 9.21 Å². The van der Waals surface area contributed by atoms with Crippen LogP contribution >= 0.6 is 0 Å². The highest BCUT2D eigenvalue weighted by Crippen LogP contribution is 2.07. The first-order chi connectivity index (χ1) is 6.83. The van der Waals surface area contributed by atoms with Gasteiger partial charge in [-0.1, -0.05) is 0 Å². The molecule has 86 valence electrons. The molecule has 0 radical (unpaired) electrons. The zero-order chi connectivity index (χ0) is 11.6. The average Bonchev–Trinajstić information content (AvgIpc) is 2.07. The number of carboxylic acid groups (broad SMARTS) is 1. The largest absolute Gasteiger partial charge is 0.480 e. The fraction of sp³-hybridized carbons (Fsp3) is 0.714. The topological polar surface area (TPSA) is 95.0 Å². The molecule has 0 aromatic heterocycles. The van der Waals surface area contributed by atoms with E-state index in [0.717, 1.165) is 4.31 Å². The average molecular weight is 236 g/mol. The van der Waals surface area contributed by atoms with Gasteiger partial charge in [0, 0.05) is 20.1 Å². The second kappa shape index (κ2) is 4.15. The van der Waals surface area contributed by atoms with E-state index >= 15 is 0 Å². The van der Waals surface area contributed by atoms with Crippen molar-refractivity contribution in [3.8, 4) is 0 Å². The van der Waals surface area contributed by atoms with Gasteiger partial charge in [-0.05, 0) is 0 Å². The molecule has 1 rings (SSSR count). The highest BCUT2D eigenvalue weighted by Gasteiger charge is 2.31. The zero-order valence-electron chi connectivity index (χ0n) is 8.21. The first-order valence-corrected chi connectivity index (χ1v) is 5.87. The summed E-state index contributed by atoms with van der Waals surface area (Å²) in [7, 11) is -2.28. The molecule has 1 heterocycles. The zero-order valence-corrected chi connectivity index (χ0v) is 9.03. The van der Waals surface area contributed by atoms with Gasteiger partial charge in [-0.3, -0.25) is 9.59 Å². The Balaban J connectivity index is 2.73. The van der Waals surface area contributed by atoms with E-state index in [1.54, 1.807) is 7.05 Å². The standard InChI is InChI=1S/C7H12N2O5S/c1-8-2-3-9(4-6(8)10)15(13,14)5-7(11)12/h2-5H2,1H3,(H,11,12). The first kappa shape index (κ1) is 11.9.